The first kappa shape index (κ1) is 27.6. The second-order valence-electron chi connectivity index (χ2n) is 9.60. The van der Waals surface area contributed by atoms with Crippen LogP contribution in [0.2, 0.25) is 0 Å². The Labute approximate surface area is 222 Å². The van der Waals surface area contributed by atoms with Crippen molar-refractivity contribution in [3.63, 3.8) is 0 Å². The van der Waals surface area contributed by atoms with E-state index in [1.807, 2.05) is 54.6 Å². The number of benzene rings is 2. The van der Waals surface area contributed by atoms with E-state index in [9.17, 15) is 13.2 Å². The second kappa shape index (κ2) is 12.4. The van der Waals surface area contributed by atoms with Gasteiger partial charge in [-0.15, -0.1) is 0 Å². The van der Waals surface area contributed by atoms with E-state index in [4.69, 9.17) is 4.84 Å². The Morgan fingerprint density at radius 2 is 1.87 bits per heavy atom. The van der Waals surface area contributed by atoms with Gasteiger partial charge in [-0.05, 0) is 56.1 Å². The molecule has 0 amide bonds. The highest BCUT2D eigenvalue weighted by molar-refractivity contribution is 5.58. The molecule has 0 aliphatic carbocycles. The van der Waals surface area contributed by atoms with Gasteiger partial charge in [0.25, 0.3) is 0 Å². The summed E-state index contributed by atoms with van der Waals surface area (Å²) in [5, 5.41) is 4.30. The number of hydrogen-bond acceptors (Lipinski definition) is 6. The van der Waals surface area contributed by atoms with Crippen LogP contribution in [0.15, 0.2) is 72.9 Å². The predicted octanol–water partition coefficient (Wildman–Crippen LogP) is 6.95. The first-order chi connectivity index (χ1) is 18.2. The largest absolute Gasteiger partial charge is 0.421 e. The van der Waals surface area contributed by atoms with Crippen LogP contribution in [0.25, 0.3) is 0 Å². The lowest BCUT2D eigenvalue weighted by Gasteiger charge is -2.26. The fourth-order valence-corrected chi connectivity index (χ4v) is 4.51. The van der Waals surface area contributed by atoms with Gasteiger partial charge in [0.05, 0.1) is 12.6 Å². The topological polar surface area (TPSA) is 53.5 Å². The summed E-state index contributed by atoms with van der Waals surface area (Å²) in [6.07, 6.45) is -0.440. The smallest absolute Gasteiger partial charge is 0.324 e. The highest BCUT2D eigenvalue weighted by atomic mass is 19.4. The molecule has 6 nitrogen and oxygen atoms in total. The molecule has 4 rings (SSSR count). The van der Waals surface area contributed by atoms with E-state index in [-0.39, 0.29) is 17.8 Å². The number of rotatable bonds is 11. The zero-order chi connectivity index (χ0) is 27.1. The third kappa shape index (κ3) is 7.11. The molecule has 38 heavy (non-hydrogen) atoms. The summed E-state index contributed by atoms with van der Waals surface area (Å²) >= 11 is 0. The van der Waals surface area contributed by atoms with Crippen LogP contribution in [0.1, 0.15) is 48.9 Å². The molecule has 1 atom stereocenters. The van der Waals surface area contributed by atoms with E-state index < -0.39 is 11.7 Å². The molecule has 1 saturated heterocycles. The Morgan fingerprint density at radius 1 is 1.13 bits per heavy atom. The molecule has 1 aliphatic rings. The summed E-state index contributed by atoms with van der Waals surface area (Å²) in [5.41, 5.74) is 2.87. The lowest BCUT2D eigenvalue weighted by atomic mass is 10.0. The SMILES string of the molecule is C=C(CCN(C)CCC)Cc1ccc(Nc2ncc(C(F)(F)F)c(N3OCCC3c3ccccc3)n2)cc1. The van der Waals surface area contributed by atoms with E-state index >= 15 is 0 Å². The summed E-state index contributed by atoms with van der Waals surface area (Å²) in [6, 6.07) is 16.6. The molecule has 0 saturated carbocycles. The third-order valence-electron chi connectivity index (χ3n) is 6.49. The van der Waals surface area contributed by atoms with Gasteiger partial charge in [-0.1, -0.05) is 61.5 Å². The van der Waals surface area contributed by atoms with Crippen LogP contribution in [0.5, 0.6) is 0 Å². The zero-order valence-electron chi connectivity index (χ0n) is 21.8. The van der Waals surface area contributed by atoms with Gasteiger partial charge < -0.3 is 10.2 Å². The minimum atomic E-state index is -4.63. The molecule has 2 aromatic carbocycles. The van der Waals surface area contributed by atoms with E-state index in [1.54, 1.807) is 0 Å². The quantitative estimate of drug-likeness (QED) is 0.273. The third-order valence-corrected chi connectivity index (χ3v) is 6.49. The number of nitrogens with one attached hydrogen (secondary N) is 1. The van der Waals surface area contributed by atoms with Crippen LogP contribution >= 0.6 is 0 Å². The monoisotopic (exact) mass is 525 g/mol. The van der Waals surface area contributed by atoms with Gasteiger partial charge in [0, 0.05) is 24.8 Å². The fraction of sp³-hybridized carbons (Fsp3) is 0.379. The molecule has 0 spiro atoms. The van der Waals surface area contributed by atoms with Crippen LogP contribution in [-0.2, 0) is 17.4 Å². The summed E-state index contributed by atoms with van der Waals surface area (Å²) in [7, 11) is 2.11. The summed E-state index contributed by atoms with van der Waals surface area (Å²) < 4.78 is 41.7. The van der Waals surface area contributed by atoms with Gasteiger partial charge in [-0.2, -0.15) is 18.2 Å². The van der Waals surface area contributed by atoms with Crippen LogP contribution in [0, 0.1) is 0 Å². The van der Waals surface area contributed by atoms with Crippen molar-refractivity contribution in [3.05, 3.63) is 89.6 Å². The molecule has 0 radical (unpaired) electrons. The van der Waals surface area contributed by atoms with Crippen LogP contribution in [0.4, 0.5) is 30.6 Å². The Balaban J connectivity index is 1.48. The lowest BCUT2D eigenvalue weighted by molar-refractivity contribution is -0.138. The average Bonchev–Trinajstić information content (AvgIpc) is 3.39. The predicted molar refractivity (Wildman–Crippen MR) is 144 cm³/mol. The first-order valence-corrected chi connectivity index (χ1v) is 12.9. The van der Waals surface area contributed by atoms with Crippen LogP contribution < -0.4 is 10.4 Å². The van der Waals surface area contributed by atoms with Gasteiger partial charge >= 0.3 is 6.18 Å². The second-order valence-corrected chi connectivity index (χ2v) is 9.60. The van der Waals surface area contributed by atoms with Crippen LogP contribution in [0.3, 0.4) is 0 Å². The molecule has 1 aliphatic heterocycles. The molecule has 2 heterocycles. The maximum atomic E-state index is 13.9. The van der Waals surface area contributed by atoms with E-state index in [0.29, 0.717) is 18.7 Å². The van der Waals surface area contributed by atoms with Gasteiger partial charge in [0.2, 0.25) is 5.95 Å². The molecule has 0 bridgehead atoms. The normalized spacial score (nSPS) is 15.7. The van der Waals surface area contributed by atoms with Gasteiger partial charge in [-0.25, -0.2) is 10.0 Å². The number of aromatic nitrogens is 2. The molecule has 1 unspecified atom stereocenters. The number of hydroxylamine groups is 1. The fourth-order valence-electron chi connectivity index (χ4n) is 4.51. The molecule has 3 aromatic rings. The van der Waals surface area contributed by atoms with E-state index in [1.165, 1.54) is 5.06 Å². The first-order valence-electron chi connectivity index (χ1n) is 12.9. The van der Waals surface area contributed by atoms with Crippen molar-refractivity contribution < 1.29 is 18.0 Å². The molecule has 1 fully saturated rings. The van der Waals surface area contributed by atoms with E-state index in [0.717, 1.165) is 55.2 Å². The van der Waals surface area contributed by atoms with Crippen molar-refractivity contribution >= 4 is 17.5 Å². The number of halogens is 3. The minimum absolute atomic E-state index is 0.0615. The Kier molecular flexibility index (Phi) is 9.01. The highest BCUT2D eigenvalue weighted by Crippen LogP contribution is 2.41. The van der Waals surface area contributed by atoms with Crippen LogP contribution in [-0.4, -0.2) is 41.6 Å². The zero-order valence-corrected chi connectivity index (χ0v) is 21.8. The Morgan fingerprint density at radius 3 is 2.55 bits per heavy atom. The van der Waals surface area contributed by atoms with Crippen molar-refractivity contribution in [3.8, 4) is 0 Å². The minimum Gasteiger partial charge on any atom is -0.324 e. The summed E-state index contributed by atoms with van der Waals surface area (Å²) in [6.45, 7) is 8.71. The molecular weight excluding hydrogens is 491 g/mol. The summed E-state index contributed by atoms with van der Waals surface area (Å²) in [4.78, 5) is 16.2. The van der Waals surface area contributed by atoms with Crippen molar-refractivity contribution in [1.29, 1.82) is 0 Å². The highest BCUT2D eigenvalue weighted by Gasteiger charge is 2.40. The maximum absolute atomic E-state index is 13.9. The molecular formula is C29H34F3N5O. The molecule has 202 valence electrons. The number of hydrogen-bond donors (Lipinski definition) is 1. The molecule has 1 aromatic heterocycles. The van der Waals surface area contributed by atoms with E-state index in [2.05, 4.69) is 40.7 Å². The standard InChI is InChI=1S/C29H34F3N5O/c1-4-16-36(3)17-14-21(2)19-22-10-12-24(13-11-22)34-28-33-20-25(29(30,31)32)27(35-28)37-26(15-18-38-37)23-8-6-5-7-9-23/h5-13,20,26H,2,4,14-19H2,1,3H3,(H,33,34,35). The molecule has 9 heteroatoms. The maximum Gasteiger partial charge on any atom is 0.421 e. The number of alkyl halides is 3. The van der Waals surface area contributed by atoms with Gasteiger partial charge in [0.1, 0.15) is 5.56 Å². The molecule has 1 N–H and O–H groups in total. The Hall–Kier alpha value is -3.43. The lowest BCUT2D eigenvalue weighted by Crippen LogP contribution is -2.26. The van der Waals surface area contributed by atoms with Crippen molar-refractivity contribution in [2.24, 2.45) is 0 Å². The average molecular weight is 526 g/mol. The summed E-state index contributed by atoms with van der Waals surface area (Å²) in [5.74, 6) is -0.242. The van der Waals surface area contributed by atoms with Crippen molar-refractivity contribution in [1.82, 2.24) is 14.9 Å². The van der Waals surface area contributed by atoms with Crippen molar-refractivity contribution in [2.45, 2.75) is 44.8 Å². The van der Waals surface area contributed by atoms with Gasteiger partial charge in [-0.3, -0.25) is 4.84 Å². The number of nitrogens with zero attached hydrogens (tertiary/aromatic N) is 4. The van der Waals surface area contributed by atoms with Gasteiger partial charge in [0.15, 0.2) is 5.82 Å². The Bertz CT molecular complexity index is 1200. The number of anilines is 3. The van der Waals surface area contributed by atoms with Crippen molar-refractivity contribution in [2.75, 3.05) is 37.1 Å².